The van der Waals surface area contributed by atoms with Gasteiger partial charge in [0.1, 0.15) is 12.3 Å². The molecule has 3 aromatic rings. The highest BCUT2D eigenvalue weighted by Crippen LogP contribution is 2.30. The number of piperidine rings is 1. The zero-order valence-electron chi connectivity index (χ0n) is 18.1. The van der Waals surface area contributed by atoms with Crippen LogP contribution in [0.2, 0.25) is 0 Å². The van der Waals surface area contributed by atoms with Crippen LogP contribution in [0.5, 0.6) is 5.75 Å². The van der Waals surface area contributed by atoms with Crippen molar-refractivity contribution in [1.29, 1.82) is 0 Å². The van der Waals surface area contributed by atoms with Gasteiger partial charge in [-0.1, -0.05) is 23.4 Å². The van der Waals surface area contributed by atoms with Gasteiger partial charge < -0.3 is 15.2 Å². The Balaban J connectivity index is 1.26. The normalized spacial score (nSPS) is 14.7. The summed E-state index contributed by atoms with van der Waals surface area (Å²) in [6.07, 6.45) is 4.93. The molecule has 10 nitrogen and oxygen atoms in total. The Hall–Kier alpha value is -3.79. The maximum Gasteiger partial charge on any atom is 0.413 e. The highest BCUT2D eigenvalue weighted by Gasteiger charge is 2.22. The van der Waals surface area contributed by atoms with Gasteiger partial charge in [0.15, 0.2) is 0 Å². The lowest BCUT2D eigenvalue weighted by molar-refractivity contribution is -0.135. The predicted molar refractivity (Wildman–Crippen MR) is 119 cm³/mol. The summed E-state index contributed by atoms with van der Waals surface area (Å²) in [6.45, 7) is 2.74. The quantitative estimate of drug-likeness (QED) is 0.536. The maximum absolute atomic E-state index is 11.7. The van der Waals surface area contributed by atoms with Crippen molar-refractivity contribution in [2.24, 2.45) is 0 Å². The third-order valence-electron chi connectivity index (χ3n) is 5.53. The number of carbonyl (C=O) groups is 2. The summed E-state index contributed by atoms with van der Waals surface area (Å²) in [5.74, 6) is -0.350. The van der Waals surface area contributed by atoms with Crippen LogP contribution in [0.1, 0.15) is 35.7 Å². The van der Waals surface area contributed by atoms with Crippen molar-refractivity contribution in [3.05, 3.63) is 71.8 Å². The number of ether oxygens (including phenoxy) is 1. The van der Waals surface area contributed by atoms with E-state index in [-0.39, 0.29) is 0 Å². The SMILES string of the molecule is O=C(O)CNC(=O)Oc1cccc(C2CCN(Cc3cn(Cc4ccccn4)nn3)CC2)c1. The van der Waals surface area contributed by atoms with Crippen LogP contribution in [0.15, 0.2) is 54.9 Å². The summed E-state index contributed by atoms with van der Waals surface area (Å²) < 4.78 is 7.00. The number of hydrogen-bond acceptors (Lipinski definition) is 7. The van der Waals surface area contributed by atoms with E-state index in [4.69, 9.17) is 9.84 Å². The topological polar surface area (TPSA) is 122 Å². The first-order valence-electron chi connectivity index (χ1n) is 10.8. The first-order chi connectivity index (χ1) is 16.0. The molecule has 4 rings (SSSR count). The van der Waals surface area contributed by atoms with Gasteiger partial charge in [0.25, 0.3) is 0 Å². The molecule has 1 aromatic carbocycles. The van der Waals surface area contributed by atoms with Gasteiger partial charge in [-0.3, -0.25) is 14.7 Å². The van der Waals surface area contributed by atoms with E-state index in [2.05, 4.69) is 25.5 Å². The molecule has 0 atom stereocenters. The van der Waals surface area contributed by atoms with E-state index in [1.807, 2.05) is 47.3 Å². The number of rotatable bonds is 8. The number of likely N-dealkylation sites (tertiary alicyclic amines) is 1. The van der Waals surface area contributed by atoms with Crippen molar-refractivity contribution in [1.82, 2.24) is 30.2 Å². The molecule has 33 heavy (non-hydrogen) atoms. The Morgan fingerprint density at radius 2 is 1.94 bits per heavy atom. The van der Waals surface area contributed by atoms with Crippen LogP contribution < -0.4 is 10.1 Å². The minimum atomic E-state index is -1.12. The van der Waals surface area contributed by atoms with Crippen molar-refractivity contribution >= 4 is 12.1 Å². The van der Waals surface area contributed by atoms with Gasteiger partial charge in [0, 0.05) is 12.7 Å². The van der Waals surface area contributed by atoms with Crippen LogP contribution in [0.4, 0.5) is 4.79 Å². The molecular formula is C23H26N6O4. The minimum absolute atomic E-state index is 0.367. The van der Waals surface area contributed by atoms with E-state index in [1.165, 1.54) is 0 Å². The van der Waals surface area contributed by atoms with Crippen molar-refractivity contribution in [2.75, 3.05) is 19.6 Å². The minimum Gasteiger partial charge on any atom is -0.480 e. The molecule has 0 saturated carbocycles. The number of carbonyl (C=O) groups excluding carboxylic acids is 1. The number of carboxylic acid groups (broad SMARTS) is 1. The lowest BCUT2D eigenvalue weighted by Crippen LogP contribution is -2.32. The number of nitrogens with zero attached hydrogens (tertiary/aromatic N) is 5. The highest BCUT2D eigenvalue weighted by atomic mass is 16.6. The summed E-state index contributed by atoms with van der Waals surface area (Å²) in [7, 11) is 0. The molecule has 172 valence electrons. The smallest absolute Gasteiger partial charge is 0.413 e. The number of aromatic nitrogens is 4. The number of carboxylic acids is 1. The molecule has 3 heterocycles. The number of nitrogens with one attached hydrogen (secondary N) is 1. The van der Waals surface area contributed by atoms with Gasteiger partial charge in [-0.25, -0.2) is 9.48 Å². The first kappa shape index (κ1) is 22.4. The first-order valence-corrected chi connectivity index (χ1v) is 10.8. The Kier molecular flexibility index (Phi) is 7.26. The Labute approximate surface area is 191 Å². The largest absolute Gasteiger partial charge is 0.480 e. The molecule has 1 amide bonds. The van der Waals surface area contributed by atoms with Gasteiger partial charge in [0.05, 0.1) is 24.1 Å². The number of amides is 1. The fourth-order valence-electron chi connectivity index (χ4n) is 3.92. The van der Waals surface area contributed by atoms with Crippen molar-refractivity contribution < 1.29 is 19.4 Å². The Morgan fingerprint density at radius 3 is 2.70 bits per heavy atom. The van der Waals surface area contributed by atoms with E-state index in [0.717, 1.165) is 49.4 Å². The number of benzene rings is 1. The number of aliphatic carboxylic acids is 1. The molecule has 0 spiro atoms. The van der Waals surface area contributed by atoms with E-state index in [1.54, 1.807) is 12.3 Å². The zero-order valence-corrected chi connectivity index (χ0v) is 18.1. The molecule has 1 saturated heterocycles. The number of hydrogen-bond donors (Lipinski definition) is 2. The van der Waals surface area contributed by atoms with Crippen LogP contribution in [0.3, 0.4) is 0 Å². The molecule has 10 heteroatoms. The van der Waals surface area contributed by atoms with E-state index in [0.29, 0.717) is 18.2 Å². The number of pyridine rings is 1. The average molecular weight is 450 g/mol. The van der Waals surface area contributed by atoms with Gasteiger partial charge >= 0.3 is 12.1 Å². The van der Waals surface area contributed by atoms with Gasteiger partial charge in [-0.05, 0) is 61.7 Å². The van der Waals surface area contributed by atoms with Crippen molar-refractivity contribution in [3.63, 3.8) is 0 Å². The van der Waals surface area contributed by atoms with Gasteiger partial charge in [0.2, 0.25) is 0 Å². The summed E-state index contributed by atoms with van der Waals surface area (Å²) in [6, 6.07) is 13.2. The molecule has 2 N–H and O–H groups in total. The van der Waals surface area contributed by atoms with Gasteiger partial charge in [-0.15, -0.1) is 5.10 Å². The Bertz CT molecular complexity index is 1080. The summed E-state index contributed by atoms with van der Waals surface area (Å²) >= 11 is 0. The molecule has 0 aliphatic carbocycles. The molecule has 0 unspecified atom stereocenters. The lowest BCUT2D eigenvalue weighted by atomic mass is 9.89. The van der Waals surface area contributed by atoms with Crippen LogP contribution in [0.25, 0.3) is 0 Å². The molecule has 1 aliphatic rings. The lowest BCUT2D eigenvalue weighted by Gasteiger charge is -2.31. The average Bonchev–Trinajstić information content (AvgIpc) is 3.25. The molecular weight excluding hydrogens is 424 g/mol. The third-order valence-corrected chi connectivity index (χ3v) is 5.53. The molecule has 0 radical (unpaired) electrons. The third kappa shape index (κ3) is 6.59. The van der Waals surface area contributed by atoms with Crippen LogP contribution in [0, 0.1) is 0 Å². The van der Waals surface area contributed by atoms with E-state index in [9.17, 15) is 9.59 Å². The van der Waals surface area contributed by atoms with Crippen molar-refractivity contribution in [2.45, 2.75) is 31.8 Å². The predicted octanol–water partition coefficient (Wildman–Crippen LogP) is 2.27. The molecule has 2 aromatic heterocycles. The molecule has 1 fully saturated rings. The van der Waals surface area contributed by atoms with Gasteiger partial charge in [-0.2, -0.15) is 0 Å². The standard InChI is InChI=1S/C23H26N6O4/c30-22(31)13-25-23(32)33-21-6-3-4-18(12-21)17-7-10-28(11-8-17)14-20-16-29(27-26-20)15-19-5-1-2-9-24-19/h1-6,9,12,16-17H,7-8,10-11,13-15H2,(H,25,32)(H,30,31). The summed E-state index contributed by atoms with van der Waals surface area (Å²) in [5, 5.41) is 19.3. The zero-order chi connectivity index (χ0) is 23.0. The second-order valence-electron chi connectivity index (χ2n) is 7.99. The van der Waals surface area contributed by atoms with Crippen molar-refractivity contribution in [3.8, 4) is 5.75 Å². The van der Waals surface area contributed by atoms with Crippen LogP contribution in [-0.2, 0) is 17.9 Å². The summed E-state index contributed by atoms with van der Waals surface area (Å²) in [4.78, 5) is 28.9. The maximum atomic E-state index is 11.7. The second kappa shape index (κ2) is 10.7. The van der Waals surface area contributed by atoms with E-state index >= 15 is 0 Å². The second-order valence-corrected chi connectivity index (χ2v) is 7.99. The molecule has 1 aliphatic heterocycles. The molecule has 0 bridgehead atoms. The van der Waals surface area contributed by atoms with Crippen LogP contribution in [-0.4, -0.2) is 61.7 Å². The fourth-order valence-corrected chi connectivity index (χ4v) is 3.92. The Morgan fingerprint density at radius 1 is 1.09 bits per heavy atom. The highest BCUT2D eigenvalue weighted by molar-refractivity contribution is 5.77. The fraction of sp³-hybridized carbons (Fsp3) is 0.348. The van der Waals surface area contributed by atoms with Crippen LogP contribution >= 0.6 is 0 Å². The summed E-state index contributed by atoms with van der Waals surface area (Å²) in [5.41, 5.74) is 2.99. The van der Waals surface area contributed by atoms with E-state index < -0.39 is 18.6 Å². The monoisotopic (exact) mass is 450 g/mol.